The summed E-state index contributed by atoms with van der Waals surface area (Å²) < 4.78 is 13.8. The Morgan fingerprint density at radius 2 is 2.00 bits per heavy atom. The molecule has 6 nitrogen and oxygen atoms in total. The average Bonchev–Trinajstić information content (AvgIpc) is 3.28. The number of aryl methyl sites for hydroxylation is 1. The first-order valence-electron chi connectivity index (χ1n) is 10.2. The van der Waals surface area contributed by atoms with Crippen LogP contribution in [0.2, 0.25) is 10.0 Å². The number of carbonyl (C=O) groups excluding carboxylic acids is 1. The van der Waals surface area contributed by atoms with E-state index in [2.05, 4.69) is 22.1 Å². The molecule has 2 aliphatic rings. The molecule has 0 saturated carbocycles. The number of amides is 1. The highest BCUT2D eigenvalue weighted by Crippen LogP contribution is 2.46. The normalized spacial score (nSPS) is 22.4. The monoisotopic (exact) mass is 459 g/mol. The van der Waals surface area contributed by atoms with Gasteiger partial charge < -0.3 is 4.90 Å². The third-order valence-corrected chi connectivity index (χ3v) is 7.24. The van der Waals surface area contributed by atoms with Crippen molar-refractivity contribution in [3.63, 3.8) is 0 Å². The third kappa shape index (κ3) is 3.22. The molecule has 1 amide bonds. The predicted molar refractivity (Wildman–Crippen MR) is 116 cm³/mol. The minimum Gasteiger partial charge on any atom is -0.326 e. The van der Waals surface area contributed by atoms with Gasteiger partial charge in [-0.3, -0.25) is 9.89 Å². The molecule has 1 N–H and O–H groups in total. The number of nitrogens with one attached hydrogen (secondary N) is 1. The Hall–Kier alpha value is -2.51. The van der Waals surface area contributed by atoms with Crippen LogP contribution in [-0.2, 0) is 6.42 Å². The van der Waals surface area contributed by atoms with E-state index in [0.717, 1.165) is 35.5 Å². The minimum atomic E-state index is -0.645. The number of rotatable bonds is 2. The predicted octanol–water partition coefficient (Wildman–Crippen LogP) is 5.16. The van der Waals surface area contributed by atoms with Crippen molar-refractivity contribution in [1.29, 1.82) is 0 Å². The molecular formula is C22H20Cl2FN5O. The Morgan fingerprint density at radius 3 is 2.74 bits per heavy atom. The van der Waals surface area contributed by atoms with E-state index >= 15 is 0 Å². The number of hydrogen-bond donors (Lipinski definition) is 1. The van der Waals surface area contributed by atoms with Gasteiger partial charge in [0.2, 0.25) is 0 Å². The zero-order valence-electron chi connectivity index (χ0n) is 17.0. The fraction of sp³-hybridized carbons (Fsp3) is 0.364. The van der Waals surface area contributed by atoms with Gasteiger partial charge in [-0.2, -0.15) is 5.10 Å². The molecule has 2 aromatic heterocycles. The van der Waals surface area contributed by atoms with Gasteiger partial charge in [0, 0.05) is 17.8 Å². The maximum Gasteiger partial charge on any atom is 0.256 e. The van der Waals surface area contributed by atoms with Gasteiger partial charge in [-0.1, -0.05) is 30.1 Å². The van der Waals surface area contributed by atoms with Crippen LogP contribution in [0.25, 0.3) is 11.4 Å². The number of carbonyl (C=O) groups is 1. The Morgan fingerprint density at radius 1 is 1.19 bits per heavy atom. The van der Waals surface area contributed by atoms with Crippen LogP contribution in [0.5, 0.6) is 0 Å². The van der Waals surface area contributed by atoms with E-state index in [4.69, 9.17) is 28.2 Å². The van der Waals surface area contributed by atoms with Gasteiger partial charge in [-0.25, -0.2) is 14.4 Å². The average molecular weight is 460 g/mol. The lowest BCUT2D eigenvalue weighted by molar-refractivity contribution is 0.0230. The van der Waals surface area contributed by atoms with Gasteiger partial charge in [-0.15, -0.1) is 0 Å². The van der Waals surface area contributed by atoms with E-state index in [1.807, 2.05) is 17.9 Å². The summed E-state index contributed by atoms with van der Waals surface area (Å²) >= 11 is 12.3. The van der Waals surface area contributed by atoms with Gasteiger partial charge in [-0.05, 0) is 50.3 Å². The van der Waals surface area contributed by atoms with Crippen molar-refractivity contribution in [2.75, 3.05) is 0 Å². The van der Waals surface area contributed by atoms with Crippen molar-refractivity contribution in [2.45, 2.75) is 45.2 Å². The van der Waals surface area contributed by atoms with Crippen LogP contribution < -0.4 is 0 Å². The van der Waals surface area contributed by atoms with Crippen LogP contribution in [0, 0.1) is 18.7 Å². The quantitative estimate of drug-likeness (QED) is 0.537. The molecule has 0 aliphatic carbocycles. The van der Waals surface area contributed by atoms with Crippen LogP contribution in [-0.4, -0.2) is 37.0 Å². The molecule has 0 unspecified atom stereocenters. The summed E-state index contributed by atoms with van der Waals surface area (Å²) in [4.78, 5) is 25.0. The van der Waals surface area contributed by atoms with Gasteiger partial charge >= 0.3 is 0 Å². The van der Waals surface area contributed by atoms with Crippen molar-refractivity contribution in [1.82, 2.24) is 25.1 Å². The smallest absolute Gasteiger partial charge is 0.256 e. The molecule has 3 atom stereocenters. The Bertz CT molecular complexity index is 1180. The second kappa shape index (κ2) is 7.57. The zero-order valence-corrected chi connectivity index (χ0v) is 18.5. The highest BCUT2D eigenvalue weighted by molar-refractivity contribution is 6.44. The zero-order chi connectivity index (χ0) is 21.9. The number of halogens is 3. The van der Waals surface area contributed by atoms with Crippen LogP contribution in [0.15, 0.2) is 24.4 Å². The summed E-state index contributed by atoms with van der Waals surface area (Å²) in [5, 5.41) is 6.77. The van der Waals surface area contributed by atoms with Crippen molar-refractivity contribution in [2.24, 2.45) is 5.92 Å². The maximum atomic E-state index is 13.8. The Balaban J connectivity index is 1.64. The van der Waals surface area contributed by atoms with E-state index in [1.54, 1.807) is 6.20 Å². The van der Waals surface area contributed by atoms with Crippen LogP contribution in [0.4, 0.5) is 4.39 Å². The molecular weight excluding hydrogens is 440 g/mol. The van der Waals surface area contributed by atoms with Gasteiger partial charge in [0.15, 0.2) is 0 Å². The van der Waals surface area contributed by atoms with E-state index in [1.165, 1.54) is 12.1 Å². The highest BCUT2D eigenvalue weighted by Gasteiger charge is 2.46. The minimum absolute atomic E-state index is 0.0494. The topological polar surface area (TPSA) is 74.8 Å². The van der Waals surface area contributed by atoms with Crippen LogP contribution >= 0.6 is 23.2 Å². The Labute approximate surface area is 188 Å². The number of fused-ring (bicyclic) bond motifs is 4. The first-order chi connectivity index (χ1) is 14.9. The van der Waals surface area contributed by atoms with Crippen LogP contribution in [0.1, 0.15) is 53.2 Å². The second-order valence-electron chi connectivity index (χ2n) is 8.23. The molecule has 3 aromatic rings. The van der Waals surface area contributed by atoms with E-state index in [9.17, 15) is 9.18 Å². The largest absolute Gasteiger partial charge is 0.326 e. The van der Waals surface area contributed by atoms with Crippen molar-refractivity contribution < 1.29 is 9.18 Å². The number of nitrogens with zero attached hydrogens (tertiary/aromatic N) is 4. The number of aromatic amines is 1. The fourth-order valence-corrected chi connectivity index (χ4v) is 5.26. The number of aromatic nitrogens is 4. The molecule has 5 rings (SSSR count). The third-order valence-electron chi connectivity index (χ3n) is 6.38. The molecule has 2 bridgehead atoms. The first kappa shape index (κ1) is 20.4. The summed E-state index contributed by atoms with van der Waals surface area (Å²) in [7, 11) is 0. The highest BCUT2D eigenvalue weighted by atomic mass is 35.5. The van der Waals surface area contributed by atoms with Crippen molar-refractivity contribution in [3.05, 3.63) is 62.9 Å². The molecule has 0 radical (unpaired) electrons. The fourth-order valence-electron chi connectivity index (χ4n) is 4.86. The summed E-state index contributed by atoms with van der Waals surface area (Å²) in [6.07, 6.45) is 4.09. The molecule has 31 heavy (non-hydrogen) atoms. The van der Waals surface area contributed by atoms with E-state index < -0.39 is 5.82 Å². The van der Waals surface area contributed by atoms with Gasteiger partial charge in [0.1, 0.15) is 11.6 Å². The molecule has 4 heterocycles. The first-order valence-corrected chi connectivity index (χ1v) is 11.0. The summed E-state index contributed by atoms with van der Waals surface area (Å²) in [6, 6.07) is 4.22. The van der Waals surface area contributed by atoms with Crippen molar-refractivity contribution >= 4 is 29.1 Å². The second-order valence-corrected chi connectivity index (χ2v) is 8.99. The standard InChI is InChI=1S/C22H20Cl2FN5O/c1-10-3-6-16-21-13(20(27-11(2)28-21)15-7-8-26-29-15)9-17(10)30(16)22(31)12-4-5-14(25)19(24)18(12)23/h4-5,7-8,10,16-17H,3,6,9H2,1-2H3,(H,26,29)/t10-,16+,17+/m0/s1. The molecule has 9 heteroatoms. The molecule has 1 fully saturated rings. The molecule has 1 aromatic carbocycles. The summed E-state index contributed by atoms with van der Waals surface area (Å²) in [5.41, 5.74) is 3.78. The van der Waals surface area contributed by atoms with Crippen LogP contribution in [0.3, 0.4) is 0 Å². The summed E-state index contributed by atoms with van der Waals surface area (Å²) in [6.45, 7) is 4.00. The molecule has 160 valence electrons. The Kier molecular flexibility index (Phi) is 4.98. The molecule has 1 saturated heterocycles. The SMILES string of the molecule is Cc1nc(-c2ccn[nH]2)c2c(n1)[C@H]1CC[C@H](C)[C@@H](C2)N1C(=O)c1ccc(F)c(Cl)c1Cl. The molecule has 0 spiro atoms. The van der Waals surface area contributed by atoms with E-state index in [-0.39, 0.29) is 39.5 Å². The number of piperidine rings is 1. The van der Waals surface area contributed by atoms with Gasteiger partial charge in [0.05, 0.1) is 38.7 Å². The van der Waals surface area contributed by atoms with Gasteiger partial charge in [0.25, 0.3) is 5.91 Å². The lowest BCUT2D eigenvalue weighted by Gasteiger charge is -2.49. The van der Waals surface area contributed by atoms with Crippen molar-refractivity contribution in [3.8, 4) is 11.4 Å². The number of hydrogen-bond acceptors (Lipinski definition) is 4. The lowest BCUT2D eigenvalue weighted by atomic mass is 9.76. The van der Waals surface area contributed by atoms with E-state index in [0.29, 0.717) is 12.2 Å². The molecule has 2 aliphatic heterocycles. The number of H-pyrrole nitrogens is 1. The number of benzene rings is 1. The summed E-state index contributed by atoms with van der Waals surface area (Å²) in [5.74, 6) is 0.0152. The maximum absolute atomic E-state index is 13.8. The lowest BCUT2D eigenvalue weighted by Crippen LogP contribution is -2.53.